The quantitative estimate of drug-likeness (QED) is 0.361. The lowest BCUT2D eigenvalue weighted by atomic mass is 9.94. The van der Waals surface area contributed by atoms with Crippen molar-refractivity contribution < 1.29 is 9.63 Å². The summed E-state index contributed by atoms with van der Waals surface area (Å²) in [4.78, 5) is 9.20. The van der Waals surface area contributed by atoms with E-state index in [2.05, 4.69) is 48.5 Å². The smallest absolute Gasteiger partial charge is 0.257 e. The van der Waals surface area contributed by atoms with Crippen LogP contribution in [0.5, 0.6) is 0 Å². The average Bonchev–Trinajstić information content (AvgIpc) is 3.19. The molecule has 30 heavy (non-hydrogen) atoms. The maximum atomic E-state index is 9.33. The van der Waals surface area contributed by atoms with E-state index in [4.69, 9.17) is 9.52 Å². The summed E-state index contributed by atoms with van der Waals surface area (Å²) in [6.07, 6.45) is 3.69. The van der Waals surface area contributed by atoms with E-state index in [-0.39, 0.29) is 6.61 Å². The molecule has 2 aromatic rings. The molecule has 7 nitrogen and oxygen atoms in total. The molecule has 0 amide bonds. The number of hydrogen-bond acceptors (Lipinski definition) is 5. The van der Waals surface area contributed by atoms with Gasteiger partial charge in [0.2, 0.25) is 0 Å². The minimum atomic E-state index is 0.217. The predicted octanol–water partition coefficient (Wildman–Crippen LogP) is 3.79. The Morgan fingerprint density at radius 2 is 2.07 bits per heavy atom. The van der Waals surface area contributed by atoms with Gasteiger partial charge in [-0.2, -0.15) is 4.98 Å². The first kappa shape index (κ1) is 23.9. The van der Waals surface area contributed by atoms with Crippen molar-refractivity contribution in [2.45, 2.75) is 59.9 Å². The standard InChI is InChI=1S/C23H37N5O2/c1-5-8-21-27-22(30-28-21)20-10-7-9-18(14-20)15-25-23(24-6-2)26-16-19(11-12-29)13-17(3)4/h7,9-10,14,17,19,29H,5-6,8,11-13,15-16H2,1-4H3,(H2,24,25,26). The molecule has 1 atom stereocenters. The third kappa shape index (κ3) is 8.14. The highest BCUT2D eigenvalue weighted by atomic mass is 16.5. The fourth-order valence-corrected chi connectivity index (χ4v) is 3.40. The Labute approximate surface area is 180 Å². The topological polar surface area (TPSA) is 95.6 Å². The maximum absolute atomic E-state index is 9.33. The van der Waals surface area contributed by atoms with Crippen LogP contribution in [0.15, 0.2) is 33.8 Å². The van der Waals surface area contributed by atoms with E-state index in [9.17, 15) is 5.11 Å². The number of benzene rings is 1. The van der Waals surface area contributed by atoms with Crippen LogP contribution in [-0.2, 0) is 13.0 Å². The number of aryl methyl sites for hydroxylation is 1. The van der Waals surface area contributed by atoms with Gasteiger partial charge >= 0.3 is 0 Å². The minimum Gasteiger partial charge on any atom is -0.396 e. The van der Waals surface area contributed by atoms with Crippen molar-refractivity contribution in [2.75, 3.05) is 19.7 Å². The number of rotatable bonds is 12. The molecule has 166 valence electrons. The van der Waals surface area contributed by atoms with Gasteiger partial charge in [0, 0.05) is 31.7 Å². The molecule has 0 fully saturated rings. The van der Waals surface area contributed by atoms with Crippen LogP contribution in [0.4, 0.5) is 0 Å². The molecule has 0 aliphatic heterocycles. The summed E-state index contributed by atoms with van der Waals surface area (Å²) in [5, 5.41) is 20.1. The lowest BCUT2D eigenvalue weighted by Crippen LogP contribution is -2.40. The maximum Gasteiger partial charge on any atom is 0.257 e. The van der Waals surface area contributed by atoms with Crippen LogP contribution in [0.1, 0.15) is 58.3 Å². The monoisotopic (exact) mass is 415 g/mol. The molecule has 0 bridgehead atoms. The molecule has 1 aromatic carbocycles. The van der Waals surface area contributed by atoms with Crippen LogP contribution in [0.3, 0.4) is 0 Å². The van der Waals surface area contributed by atoms with Crippen molar-refractivity contribution in [2.24, 2.45) is 16.8 Å². The molecule has 0 spiro atoms. The van der Waals surface area contributed by atoms with Crippen LogP contribution >= 0.6 is 0 Å². The largest absolute Gasteiger partial charge is 0.396 e. The van der Waals surface area contributed by atoms with Crippen molar-refractivity contribution in [3.63, 3.8) is 0 Å². The molecule has 0 saturated carbocycles. The van der Waals surface area contributed by atoms with Gasteiger partial charge in [0.05, 0.1) is 6.54 Å². The summed E-state index contributed by atoms with van der Waals surface area (Å²) in [6.45, 7) is 10.9. The fourth-order valence-electron chi connectivity index (χ4n) is 3.40. The molecule has 1 unspecified atom stereocenters. The molecule has 3 N–H and O–H groups in total. The van der Waals surface area contributed by atoms with Gasteiger partial charge in [-0.15, -0.1) is 0 Å². The lowest BCUT2D eigenvalue weighted by Gasteiger charge is -2.20. The second kappa shape index (κ2) is 13.0. The molecule has 1 heterocycles. The molecule has 0 saturated heterocycles. The Balaban J connectivity index is 2.02. The van der Waals surface area contributed by atoms with Gasteiger partial charge in [-0.25, -0.2) is 4.99 Å². The second-order valence-corrected chi connectivity index (χ2v) is 8.05. The van der Waals surface area contributed by atoms with Crippen LogP contribution in [0.2, 0.25) is 0 Å². The zero-order valence-corrected chi connectivity index (χ0v) is 18.8. The van der Waals surface area contributed by atoms with Crippen LogP contribution in [0, 0.1) is 11.8 Å². The molecular formula is C23H37N5O2. The Morgan fingerprint density at radius 3 is 2.77 bits per heavy atom. The molecule has 2 rings (SSSR count). The molecule has 1 aromatic heterocycles. The molecule has 0 radical (unpaired) electrons. The highest BCUT2D eigenvalue weighted by Gasteiger charge is 2.12. The Hall–Kier alpha value is -2.41. The normalized spacial score (nSPS) is 12.9. The Bertz CT molecular complexity index is 772. The number of guanidine groups is 1. The number of aliphatic hydroxyl groups excluding tert-OH is 1. The van der Waals surface area contributed by atoms with E-state index in [0.717, 1.165) is 61.7 Å². The van der Waals surface area contributed by atoms with E-state index >= 15 is 0 Å². The van der Waals surface area contributed by atoms with Gasteiger partial charge in [-0.05, 0) is 55.7 Å². The van der Waals surface area contributed by atoms with Gasteiger partial charge in [0.15, 0.2) is 11.8 Å². The molecule has 0 aliphatic rings. The third-order valence-corrected chi connectivity index (χ3v) is 4.78. The molecular weight excluding hydrogens is 378 g/mol. The SMILES string of the molecule is CCCc1noc(-c2cccc(CN=C(NCC)NCC(CCO)CC(C)C)c2)n1. The van der Waals surface area contributed by atoms with Crippen LogP contribution < -0.4 is 10.6 Å². The van der Waals surface area contributed by atoms with Crippen molar-refractivity contribution in [3.8, 4) is 11.5 Å². The predicted molar refractivity (Wildman–Crippen MR) is 121 cm³/mol. The first-order valence-electron chi connectivity index (χ1n) is 11.1. The van der Waals surface area contributed by atoms with Gasteiger partial charge in [0.25, 0.3) is 5.89 Å². The van der Waals surface area contributed by atoms with E-state index in [1.54, 1.807) is 0 Å². The van der Waals surface area contributed by atoms with Gasteiger partial charge in [0.1, 0.15) is 0 Å². The fraction of sp³-hybridized carbons (Fsp3) is 0.609. The summed E-state index contributed by atoms with van der Waals surface area (Å²) in [7, 11) is 0. The third-order valence-electron chi connectivity index (χ3n) is 4.78. The second-order valence-electron chi connectivity index (χ2n) is 8.05. The van der Waals surface area contributed by atoms with Crippen LogP contribution in [-0.4, -0.2) is 40.9 Å². The first-order chi connectivity index (χ1) is 14.5. The van der Waals surface area contributed by atoms with Gasteiger partial charge < -0.3 is 20.3 Å². The molecule has 7 heteroatoms. The highest BCUT2D eigenvalue weighted by molar-refractivity contribution is 5.79. The zero-order valence-electron chi connectivity index (χ0n) is 18.8. The van der Waals surface area contributed by atoms with E-state index in [1.165, 1.54) is 0 Å². The van der Waals surface area contributed by atoms with E-state index < -0.39 is 0 Å². The van der Waals surface area contributed by atoms with Crippen LogP contribution in [0.25, 0.3) is 11.5 Å². The van der Waals surface area contributed by atoms with E-state index in [0.29, 0.717) is 24.3 Å². The summed E-state index contributed by atoms with van der Waals surface area (Å²) in [5.41, 5.74) is 1.99. The molecule has 0 aliphatic carbocycles. The van der Waals surface area contributed by atoms with Crippen molar-refractivity contribution in [1.82, 2.24) is 20.8 Å². The number of aromatic nitrogens is 2. The summed E-state index contributed by atoms with van der Waals surface area (Å²) >= 11 is 0. The number of hydrogen-bond donors (Lipinski definition) is 3. The summed E-state index contributed by atoms with van der Waals surface area (Å²) < 4.78 is 5.40. The van der Waals surface area contributed by atoms with Crippen molar-refractivity contribution in [1.29, 1.82) is 0 Å². The summed E-state index contributed by atoms with van der Waals surface area (Å²) in [5.74, 6) is 3.12. The zero-order chi connectivity index (χ0) is 21.8. The number of nitrogens with one attached hydrogen (secondary N) is 2. The lowest BCUT2D eigenvalue weighted by molar-refractivity contribution is 0.243. The van der Waals surface area contributed by atoms with Gasteiger partial charge in [-0.1, -0.05) is 38.1 Å². The Kier molecular flexibility index (Phi) is 10.3. The van der Waals surface area contributed by atoms with Gasteiger partial charge in [-0.3, -0.25) is 0 Å². The number of aliphatic hydroxyl groups is 1. The van der Waals surface area contributed by atoms with E-state index in [1.807, 2.05) is 24.3 Å². The van der Waals surface area contributed by atoms with Crippen molar-refractivity contribution >= 4 is 5.96 Å². The first-order valence-corrected chi connectivity index (χ1v) is 11.1. The Morgan fingerprint density at radius 1 is 1.23 bits per heavy atom. The number of aliphatic imine (C=N–C) groups is 1. The van der Waals surface area contributed by atoms with Crippen molar-refractivity contribution in [3.05, 3.63) is 35.7 Å². The number of nitrogens with zero attached hydrogens (tertiary/aromatic N) is 3. The minimum absolute atomic E-state index is 0.217. The highest BCUT2D eigenvalue weighted by Crippen LogP contribution is 2.19. The average molecular weight is 416 g/mol. The summed E-state index contributed by atoms with van der Waals surface area (Å²) in [6, 6.07) is 8.06.